The predicted molar refractivity (Wildman–Crippen MR) is 141 cm³/mol. The molecule has 1 aliphatic rings. The van der Waals surface area contributed by atoms with Crippen LogP contribution in [0.25, 0.3) is 11.5 Å². The smallest absolute Gasteiger partial charge is 0.226 e. The number of piperazine rings is 1. The number of aliphatic imine (C=N–C) groups is 1. The van der Waals surface area contributed by atoms with Crippen molar-refractivity contribution in [2.75, 3.05) is 51.2 Å². The molecule has 9 nitrogen and oxygen atoms in total. The lowest BCUT2D eigenvalue weighted by Crippen LogP contribution is -2.49. The molecule has 3 heterocycles. The molecule has 1 saturated heterocycles. The first-order valence-electron chi connectivity index (χ1n) is 10.9. The minimum absolute atomic E-state index is 0. The number of hydrogen-bond acceptors (Lipinski definition) is 7. The summed E-state index contributed by atoms with van der Waals surface area (Å²) < 4.78 is 5.63. The van der Waals surface area contributed by atoms with Gasteiger partial charge in [0.1, 0.15) is 6.26 Å². The maximum absolute atomic E-state index is 5.63. The summed E-state index contributed by atoms with van der Waals surface area (Å²) in [5.74, 6) is 2.19. The molecule has 1 aromatic carbocycles. The number of hydrogen-bond donors (Lipinski definition) is 2. The Morgan fingerprint density at radius 3 is 2.48 bits per heavy atom. The van der Waals surface area contributed by atoms with Gasteiger partial charge in [-0.25, -0.2) is 15.0 Å². The van der Waals surface area contributed by atoms with E-state index < -0.39 is 0 Å². The highest BCUT2D eigenvalue weighted by Gasteiger charge is 2.18. The fraction of sp³-hybridized carbons (Fsp3) is 0.391. The number of rotatable bonds is 7. The lowest BCUT2D eigenvalue weighted by Gasteiger charge is -2.34. The van der Waals surface area contributed by atoms with Crippen molar-refractivity contribution in [3.8, 4) is 11.5 Å². The normalized spacial score (nSPS) is 14.6. The Balaban J connectivity index is 0.00000306. The molecule has 0 aliphatic carbocycles. The Morgan fingerprint density at radius 2 is 1.79 bits per heavy atom. The van der Waals surface area contributed by atoms with E-state index in [4.69, 9.17) is 4.42 Å². The van der Waals surface area contributed by atoms with Crippen LogP contribution in [0.2, 0.25) is 0 Å². The molecular weight excluding hydrogens is 531 g/mol. The van der Waals surface area contributed by atoms with Crippen molar-refractivity contribution in [3.63, 3.8) is 0 Å². The average molecular weight is 562 g/mol. The summed E-state index contributed by atoms with van der Waals surface area (Å²) in [6, 6.07) is 9.99. The number of nitrogens with one attached hydrogen (secondary N) is 2. The first kappa shape index (κ1) is 24.9. The maximum Gasteiger partial charge on any atom is 0.226 e. The van der Waals surface area contributed by atoms with E-state index in [1.165, 1.54) is 5.56 Å². The third-order valence-electron chi connectivity index (χ3n) is 5.44. The zero-order valence-electron chi connectivity index (χ0n) is 19.1. The summed E-state index contributed by atoms with van der Waals surface area (Å²) in [7, 11) is 1.77. The van der Waals surface area contributed by atoms with Crippen LogP contribution in [0.5, 0.6) is 0 Å². The van der Waals surface area contributed by atoms with Gasteiger partial charge in [0.2, 0.25) is 11.8 Å². The molecule has 33 heavy (non-hydrogen) atoms. The highest BCUT2D eigenvalue weighted by Crippen LogP contribution is 2.19. The predicted octanol–water partition coefficient (Wildman–Crippen LogP) is 2.55. The Hall–Kier alpha value is -2.73. The number of nitrogens with zero attached hydrogens (tertiary/aromatic N) is 6. The van der Waals surface area contributed by atoms with Gasteiger partial charge in [-0.05, 0) is 25.1 Å². The van der Waals surface area contributed by atoms with Crippen molar-refractivity contribution in [2.45, 2.75) is 13.5 Å². The molecule has 10 heteroatoms. The summed E-state index contributed by atoms with van der Waals surface area (Å²) >= 11 is 0. The van der Waals surface area contributed by atoms with Gasteiger partial charge >= 0.3 is 0 Å². The van der Waals surface area contributed by atoms with Crippen LogP contribution in [0.3, 0.4) is 0 Å². The fourth-order valence-corrected chi connectivity index (χ4v) is 3.57. The lowest BCUT2D eigenvalue weighted by molar-refractivity contribution is 0.260. The minimum Gasteiger partial charge on any atom is -0.444 e. The van der Waals surface area contributed by atoms with E-state index in [2.05, 4.69) is 59.4 Å². The number of aromatic nitrogens is 3. The molecular formula is C23H31IN8O. The zero-order chi connectivity index (χ0) is 22.2. The van der Waals surface area contributed by atoms with Crippen molar-refractivity contribution in [3.05, 3.63) is 60.2 Å². The van der Waals surface area contributed by atoms with Gasteiger partial charge in [0.05, 0.1) is 12.2 Å². The molecule has 1 fully saturated rings. The molecule has 0 unspecified atom stereocenters. The molecule has 0 amide bonds. The Labute approximate surface area is 211 Å². The molecule has 0 atom stereocenters. The summed E-state index contributed by atoms with van der Waals surface area (Å²) in [6.45, 7) is 8.23. The van der Waals surface area contributed by atoms with Crippen molar-refractivity contribution >= 4 is 35.9 Å². The Bertz CT molecular complexity index is 1000. The summed E-state index contributed by atoms with van der Waals surface area (Å²) in [6.07, 6.45) is 5.27. The molecule has 0 saturated carbocycles. The number of anilines is 1. The minimum atomic E-state index is 0. The topological polar surface area (TPSA) is 94.7 Å². The number of halogens is 1. The Morgan fingerprint density at radius 1 is 1.06 bits per heavy atom. The summed E-state index contributed by atoms with van der Waals surface area (Å²) in [5, 5.41) is 6.67. The quantitative estimate of drug-likeness (QED) is 0.258. The van der Waals surface area contributed by atoms with Gasteiger partial charge in [0, 0.05) is 64.3 Å². The van der Waals surface area contributed by atoms with E-state index in [1.54, 1.807) is 25.7 Å². The standard InChI is InChI=1S/C23H30N8O.HI/c1-18-4-6-19(7-5-18)21-29-20(17-32-21)16-28-22(24-2)25-10-11-30-12-14-31(15-13-30)23-26-8-3-9-27-23;/h3-9,17H,10-16H2,1-2H3,(H2,24,25,28);1H. The van der Waals surface area contributed by atoms with Crippen LogP contribution >= 0.6 is 24.0 Å². The molecule has 176 valence electrons. The van der Waals surface area contributed by atoms with Crippen LogP contribution in [-0.2, 0) is 6.54 Å². The average Bonchev–Trinajstić information content (AvgIpc) is 3.32. The Kier molecular flexibility index (Phi) is 9.43. The maximum atomic E-state index is 5.63. The second kappa shape index (κ2) is 12.5. The van der Waals surface area contributed by atoms with Crippen molar-refractivity contribution < 1.29 is 4.42 Å². The third kappa shape index (κ3) is 7.13. The number of aryl methyl sites for hydroxylation is 1. The second-order valence-corrected chi connectivity index (χ2v) is 7.74. The third-order valence-corrected chi connectivity index (χ3v) is 5.44. The van der Waals surface area contributed by atoms with E-state index >= 15 is 0 Å². The molecule has 4 rings (SSSR count). The first-order chi connectivity index (χ1) is 15.7. The molecule has 0 spiro atoms. The van der Waals surface area contributed by atoms with Gasteiger partial charge in [-0.3, -0.25) is 9.89 Å². The number of oxazole rings is 1. The highest BCUT2D eigenvalue weighted by atomic mass is 127. The van der Waals surface area contributed by atoms with E-state index in [1.807, 2.05) is 18.2 Å². The van der Waals surface area contributed by atoms with Crippen LogP contribution in [-0.4, -0.2) is 72.1 Å². The van der Waals surface area contributed by atoms with E-state index in [-0.39, 0.29) is 24.0 Å². The largest absolute Gasteiger partial charge is 0.444 e. The fourth-order valence-electron chi connectivity index (χ4n) is 3.57. The zero-order valence-corrected chi connectivity index (χ0v) is 21.4. The SMILES string of the molecule is CN=C(NCCN1CCN(c2ncccn2)CC1)NCc1coc(-c2ccc(C)cc2)n1.I. The molecule has 0 bridgehead atoms. The van der Waals surface area contributed by atoms with Crippen LogP contribution in [0.15, 0.2) is 58.4 Å². The van der Waals surface area contributed by atoms with Crippen molar-refractivity contribution in [2.24, 2.45) is 4.99 Å². The molecule has 2 N–H and O–H groups in total. The molecule has 3 aromatic rings. The van der Waals surface area contributed by atoms with E-state index in [9.17, 15) is 0 Å². The van der Waals surface area contributed by atoms with Gasteiger partial charge < -0.3 is 20.0 Å². The summed E-state index contributed by atoms with van der Waals surface area (Å²) in [5.41, 5.74) is 3.02. The number of benzene rings is 1. The van der Waals surface area contributed by atoms with Crippen LogP contribution in [0.4, 0.5) is 5.95 Å². The second-order valence-electron chi connectivity index (χ2n) is 7.74. The summed E-state index contributed by atoms with van der Waals surface area (Å²) in [4.78, 5) is 22.2. The highest BCUT2D eigenvalue weighted by molar-refractivity contribution is 14.0. The number of guanidine groups is 1. The van der Waals surface area contributed by atoms with Gasteiger partial charge in [0.15, 0.2) is 5.96 Å². The monoisotopic (exact) mass is 562 g/mol. The van der Waals surface area contributed by atoms with E-state index in [0.717, 1.165) is 62.4 Å². The van der Waals surface area contributed by atoms with Gasteiger partial charge in [0.25, 0.3) is 0 Å². The molecule has 1 aliphatic heterocycles. The van der Waals surface area contributed by atoms with Crippen LogP contribution in [0, 0.1) is 6.92 Å². The van der Waals surface area contributed by atoms with Gasteiger partial charge in [-0.1, -0.05) is 17.7 Å². The van der Waals surface area contributed by atoms with Gasteiger partial charge in [-0.15, -0.1) is 24.0 Å². The first-order valence-corrected chi connectivity index (χ1v) is 10.9. The van der Waals surface area contributed by atoms with Crippen LogP contribution in [0.1, 0.15) is 11.3 Å². The molecule has 2 aromatic heterocycles. The van der Waals surface area contributed by atoms with Gasteiger partial charge in [-0.2, -0.15) is 0 Å². The molecule has 0 radical (unpaired) electrons. The van der Waals surface area contributed by atoms with Crippen molar-refractivity contribution in [1.29, 1.82) is 0 Å². The lowest BCUT2D eigenvalue weighted by atomic mass is 10.1. The van der Waals surface area contributed by atoms with Crippen LogP contribution < -0.4 is 15.5 Å². The van der Waals surface area contributed by atoms with Crippen molar-refractivity contribution in [1.82, 2.24) is 30.5 Å². The van der Waals surface area contributed by atoms with E-state index in [0.29, 0.717) is 12.4 Å².